The second kappa shape index (κ2) is 5.55. The number of ether oxygens (including phenoxy) is 1. The molecular formula is C18H11NO2S. The van der Waals surface area contributed by atoms with Crippen molar-refractivity contribution >= 4 is 28.6 Å². The van der Waals surface area contributed by atoms with Crippen LogP contribution in [0, 0.1) is 6.57 Å². The van der Waals surface area contributed by atoms with Gasteiger partial charge in [0, 0.05) is 5.57 Å². The van der Waals surface area contributed by atoms with E-state index in [2.05, 4.69) is 4.85 Å². The van der Waals surface area contributed by atoms with E-state index in [4.69, 9.17) is 23.5 Å². The standard InChI is InChI=1S/C18H11NO2S/c1-19-16(18(20)21-2)15-11-7-3-5-9-13(11)17(22)14-10-6-4-8-12(14)15/h3-10H,2H3. The number of thiocarbonyl (C=S) groups is 1. The van der Waals surface area contributed by atoms with Crippen molar-refractivity contribution in [2.45, 2.75) is 0 Å². The maximum atomic E-state index is 12.0. The highest BCUT2D eigenvalue weighted by Crippen LogP contribution is 2.38. The molecule has 3 rings (SSSR count). The third kappa shape index (κ3) is 2.03. The van der Waals surface area contributed by atoms with Gasteiger partial charge < -0.3 is 4.74 Å². The minimum atomic E-state index is -0.637. The van der Waals surface area contributed by atoms with Crippen molar-refractivity contribution in [2.75, 3.05) is 7.11 Å². The van der Waals surface area contributed by atoms with Gasteiger partial charge in [-0.25, -0.2) is 4.85 Å². The molecule has 0 radical (unpaired) electrons. The van der Waals surface area contributed by atoms with Crippen molar-refractivity contribution in [2.24, 2.45) is 0 Å². The van der Waals surface area contributed by atoms with Crippen LogP contribution in [0.2, 0.25) is 0 Å². The Morgan fingerprint density at radius 1 is 1.00 bits per heavy atom. The van der Waals surface area contributed by atoms with Gasteiger partial charge in [0.05, 0.1) is 18.5 Å². The summed E-state index contributed by atoms with van der Waals surface area (Å²) in [5.41, 5.74) is 3.87. The monoisotopic (exact) mass is 305 g/mol. The number of carbonyl (C=O) groups excluding carboxylic acids is 1. The van der Waals surface area contributed by atoms with Gasteiger partial charge in [-0.1, -0.05) is 60.7 Å². The average Bonchev–Trinajstić information content (AvgIpc) is 2.58. The lowest BCUT2D eigenvalue weighted by molar-refractivity contribution is -0.135. The van der Waals surface area contributed by atoms with Crippen LogP contribution in [-0.4, -0.2) is 17.9 Å². The molecule has 0 N–H and O–H groups in total. The van der Waals surface area contributed by atoms with Crippen LogP contribution in [0.5, 0.6) is 0 Å². The first-order chi connectivity index (χ1) is 10.7. The number of fused-ring (bicyclic) bond motifs is 2. The second-order valence-electron chi connectivity index (χ2n) is 4.75. The van der Waals surface area contributed by atoms with E-state index in [1.807, 2.05) is 48.5 Å². The molecule has 0 saturated carbocycles. The summed E-state index contributed by atoms with van der Waals surface area (Å²) in [5, 5.41) is 0. The molecule has 106 valence electrons. The third-order valence-corrected chi connectivity index (χ3v) is 4.05. The molecule has 22 heavy (non-hydrogen) atoms. The smallest absolute Gasteiger partial charge is 0.336 e. The largest absolute Gasteiger partial charge is 0.474 e. The molecule has 0 heterocycles. The predicted molar refractivity (Wildman–Crippen MR) is 88.3 cm³/mol. The van der Waals surface area contributed by atoms with E-state index >= 15 is 0 Å². The van der Waals surface area contributed by atoms with Crippen molar-refractivity contribution in [1.82, 2.24) is 0 Å². The molecule has 2 aromatic rings. The van der Waals surface area contributed by atoms with Gasteiger partial charge in [-0.05, 0) is 22.3 Å². The molecule has 0 fully saturated rings. The van der Waals surface area contributed by atoms with E-state index in [1.54, 1.807) is 0 Å². The van der Waals surface area contributed by atoms with Gasteiger partial charge in [-0.3, -0.25) is 4.79 Å². The first-order valence-electron chi connectivity index (χ1n) is 6.62. The van der Waals surface area contributed by atoms with Crippen molar-refractivity contribution in [1.29, 1.82) is 0 Å². The first kappa shape index (κ1) is 14.2. The van der Waals surface area contributed by atoms with E-state index in [0.717, 1.165) is 27.1 Å². The van der Waals surface area contributed by atoms with Crippen molar-refractivity contribution < 1.29 is 9.53 Å². The van der Waals surface area contributed by atoms with Crippen molar-refractivity contribution in [3.8, 4) is 0 Å². The highest BCUT2D eigenvalue weighted by atomic mass is 32.1. The Morgan fingerprint density at radius 3 is 1.86 bits per heavy atom. The molecule has 0 saturated heterocycles. The lowest BCUT2D eigenvalue weighted by atomic mass is 9.81. The van der Waals surface area contributed by atoms with Crippen LogP contribution in [0.1, 0.15) is 22.3 Å². The zero-order chi connectivity index (χ0) is 15.7. The Labute approximate surface area is 133 Å². The fraction of sp³-hybridized carbons (Fsp3) is 0.0556. The molecule has 0 spiro atoms. The van der Waals surface area contributed by atoms with E-state index in [-0.39, 0.29) is 5.70 Å². The summed E-state index contributed by atoms with van der Waals surface area (Å²) in [6.07, 6.45) is 0. The summed E-state index contributed by atoms with van der Waals surface area (Å²) < 4.78 is 4.77. The van der Waals surface area contributed by atoms with Crippen LogP contribution < -0.4 is 0 Å². The van der Waals surface area contributed by atoms with Crippen LogP contribution in [-0.2, 0) is 9.53 Å². The number of methoxy groups -OCH3 is 1. The van der Waals surface area contributed by atoms with Gasteiger partial charge in [0.1, 0.15) is 0 Å². The van der Waals surface area contributed by atoms with Crippen LogP contribution in [0.15, 0.2) is 54.2 Å². The Kier molecular flexibility index (Phi) is 3.58. The van der Waals surface area contributed by atoms with Gasteiger partial charge in [-0.2, -0.15) is 0 Å². The highest BCUT2D eigenvalue weighted by Gasteiger charge is 2.28. The van der Waals surface area contributed by atoms with Gasteiger partial charge in [0.15, 0.2) is 0 Å². The van der Waals surface area contributed by atoms with E-state index < -0.39 is 5.97 Å². The number of esters is 1. The quantitative estimate of drug-likeness (QED) is 0.298. The summed E-state index contributed by atoms with van der Waals surface area (Å²) in [6.45, 7) is 7.40. The molecule has 2 aromatic carbocycles. The van der Waals surface area contributed by atoms with E-state index in [1.165, 1.54) is 7.11 Å². The SMILES string of the molecule is [C-]#[N+]C(C(=O)OC)=C1c2ccccc2C(=S)c2ccccc21. The summed E-state index contributed by atoms with van der Waals surface area (Å²) in [6, 6.07) is 15.1. The Morgan fingerprint density at radius 2 is 1.45 bits per heavy atom. The molecule has 0 unspecified atom stereocenters. The summed E-state index contributed by atoms with van der Waals surface area (Å²) in [4.78, 5) is 16.2. The minimum absolute atomic E-state index is 0.0232. The molecule has 4 heteroatoms. The number of nitrogens with zero attached hydrogens (tertiary/aromatic N) is 1. The molecule has 3 nitrogen and oxygen atoms in total. The number of rotatable bonds is 1. The minimum Gasteiger partial charge on any atom is -0.474 e. The highest BCUT2D eigenvalue weighted by molar-refractivity contribution is 7.81. The molecule has 0 bridgehead atoms. The zero-order valence-corrected chi connectivity index (χ0v) is 12.6. The van der Waals surface area contributed by atoms with E-state index in [0.29, 0.717) is 5.57 Å². The Bertz CT molecular complexity index is 823. The molecule has 0 aromatic heterocycles. The fourth-order valence-electron chi connectivity index (χ4n) is 2.64. The van der Waals surface area contributed by atoms with E-state index in [9.17, 15) is 4.79 Å². The molecule has 0 amide bonds. The zero-order valence-electron chi connectivity index (χ0n) is 11.8. The summed E-state index contributed by atoms with van der Waals surface area (Å²) in [5.74, 6) is -0.637. The van der Waals surface area contributed by atoms with Gasteiger partial charge in [-0.15, -0.1) is 0 Å². The van der Waals surface area contributed by atoms with Crippen LogP contribution in [0.25, 0.3) is 10.4 Å². The van der Waals surface area contributed by atoms with Crippen molar-refractivity contribution in [3.05, 3.63) is 87.9 Å². The summed E-state index contributed by atoms with van der Waals surface area (Å²) in [7, 11) is 1.28. The Hall–Kier alpha value is -2.77. The van der Waals surface area contributed by atoms with Crippen LogP contribution in [0.4, 0.5) is 0 Å². The number of hydrogen-bond donors (Lipinski definition) is 0. The van der Waals surface area contributed by atoms with Crippen LogP contribution in [0.3, 0.4) is 0 Å². The van der Waals surface area contributed by atoms with Crippen LogP contribution >= 0.6 is 12.2 Å². The molecule has 0 atom stereocenters. The van der Waals surface area contributed by atoms with Crippen molar-refractivity contribution in [3.63, 3.8) is 0 Å². The number of carbonyl (C=O) groups is 1. The Balaban J connectivity index is 2.44. The lowest BCUT2D eigenvalue weighted by Crippen LogP contribution is -2.16. The topological polar surface area (TPSA) is 30.7 Å². The van der Waals surface area contributed by atoms with Gasteiger partial charge in [0.2, 0.25) is 0 Å². The maximum Gasteiger partial charge on any atom is 0.336 e. The molecule has 1 aliphatic carbocycles. The number of benzene rings is 2. The molecule has 0 aliphatic heterocycles. The molecule has 1 aliphatic rings. The first-order valence-corrected chi connectivity index (χ1v) is 7.03. The lowest BCUT2D eigenvalue weighted by Gasteiger charge is -2.24. The normalized spacial score (nSPS) is 12.0. The predicted octanol–water partition coefficient (Wildman–Crippen LogP) is 3.62. The number of hydrogen-bond acceptors (Lipinski definition) is 3. The average molecular weight is 305 g/mol. The summed E-state index contributed by atoms with van der Waals surface area (Å²) >= 11 is 5.57. The van der Waals surface area contributed by atoms with Gasteiger partial charge in [0.25, 0.3) is 5.70 Å². The molecular weight excluding hydrogens is 294 g/mol. The third-order valence-electron chi connectivity index (χ3n) is 3.61. The van der Waals surface area contributed by atoms with Gasteiger partial charge >= 0.3 is 5.97 Å². The maximum absolute atomic E-state index is 12.0. The second-order valence-corrected chi connectivity index (χ2v) is 5.16. The fourth-order valence-corrected chi connectivity index (χ4v) is 3.00.